The molecule has 5 heteroatoms. The number of hydrogen-bond donors (Lipinski definition) is 0. The number of rotatable bonds is 4. The fraction of sp³-hybridized carbons (Fsp3) is 0.200. The second-order valence-corrected chi connectivity index (χ2v) is 5.58. The van der Waals surface area contributed by atoms with Crippen molar-refractivity contribution in [3.63, 3.8) is 0 Å². The van der Waals surface area contributed by atoms with Gasteiger partial charge in [-0.15, -0.1) is 0 Å². The Morgan fingerprint density at radius 2 is 1.85 bits per heavy atom. The molecule has 0 heterocycles. The average Bonchev–Trinajstić information content (AvgIpc) is 2.41. The molecule has 2 aromatic rings. The van der Waals surface area contributed by atoms with Crippen molar-refractivity contribution in [3.8, 4) is 11.5 Å². The number of hydrogen-bond acceptors (Lipinski definition) is 3. The van der Waals surface area contributed by atoms with Crippen molar-refractivity contribution in [2.75, 3.05) is 0 Å². The first-order chi connectivity index (χ1) is 9.49. The van der Waals surface area contributed by atoms with Gasteiger partial charge in [-0.1, -0.05) is 41.9 Å². The molecular weight excluding hydrogens is 322 g/mol. The Morgan fingerprint density at radius 3 is 2.50 bits per heavy atom. The highest BCUT2D eigenvalue weighted by Gasteiger charge is 2.17. The van der Waals surface area contributed by atoms with Gasteiger partial charge in [-0.2, -0.15) is 0 Å². The van der Waals surface area contributed by atoms with Crippen LogP contribution < -0.4 is 4.74 Å². The molecular formula is C15H14BrNO3. The van der Waals surface area contributed by atoms with Gasteiger partial charge in [-0.3, -0.25) is 10.1 Å². The van der Waals surface area contributed by atoms with E-state index >= 15 is 0 Å². The molecule has 0 saturated heterocycles. The maximum Gasteiger partial charge on any atom is 0.311 e. The Labute approximate surface area is 125 Å². The Hall–Kier alpha value is -1.88. The standard InChI is InChI=1S/C15H14BrNO3/c1-10(2)12-9-11(16)7-8-14(12)20-15-6-4-3-5-13(15)17(18)19/h3-10H,1-2H3. The minimum absolute atomic E-state index is 0.0369. The van der Waals surface area contributed by atoms with Crippen molar-refractivity contribution in [1.29, 1.82) is 0 Å². The summed E-state index contributed by atoms with van der Waals surface area (Å²) >= 11 is 3.42. The second kappa shape index (κ2) is 6.05. The lowest BCUT2D eigenvalue weighted by Crippen LogP contribution is -1.97. The molecule has 0 aromatic heterocycles. The third kappa shape index (κ3) is 3.17. The molecule has 0 aliphatic carbocycles. The number of ether oxygens (including phenoxy) is 1. The molecule has 0 bridgehead atoms. The zero-order chi connectivity index (χ0) is 14.7. The molecule has 0 aliphatic rings. The lowest BCUT2D eigenvalue weighted by molar-refractivity contribution is -0.385. The first kappa shape index (κ1) is 14.5. The predicted octanol–water partition coefficient (Wildman–Crippen LogP) is 5.27. The zero-order valence-corrected chi connectivity index (χ0v) is 12.8. The number of para-hydroxylation sites is 2. The summed E-state index contributed by atoms with van der Waals surface area (Å²) in [6.45, 7) is 4.10. The number of halogens is 1. The summed E-state index contributed by atoms with van der Waals surface area (Å²) in [5.74, 6) is 1.14. The van der Waals surface area contributed by atoms with Crippen LogP contribution in [0.4, 0.5) is 5.69 Å². The molecule has 0 radical (unpaired) electrons. The molecule has 0 unspecified atom stereocenters. The summed E-state index contributed by atoms with van der Waals surface area (Å²) in [6, 6.07) is 12.0. The number of benzene rings is 2. The van der Waals surface area contributed by atoms with E-state index in [1.807, 2.05) is 32.0 Å². The maximum absolute atomic E-state index is 11.0. The van der Waals surface area contributed by atoms with Gasteiger partial charge in [0.05, 0.1) is 4.92 Å². The SMILES string of the molecule is CC(C)c1cc(Br)ccc1Oc1ccccc1[N+](=O)[O-]. The van der Waals surface area contributed by atoms with Crippen LogP contribution in [0.25, 0.3) is 0 Å². The summed E-state index contributed by atoms with van der Waals surface area (Å²) in [6.07, 6.45) is 0. The van der Waals surface area contributed by atoms with Gasteiger partial charge in [0.2, 0.25) is 5.75 Å². The van der Waals surface area contributed by atoms with E-state index in [2.05, 4.69) is 15.9 Å². The summed E-state index contributed by atoms with van der Waals surface area (Å²) in [4.78, 5) is 10.6. The Balaban J connectivity index is 2.43. The van der Waals surface area contributed by atoms with E-state index in [0.29, 0.717) is 5.75 Å². The molecule has 0 N–H and O–H groups in total. The minimum atomic E-state index is -0.441. The Kier molecular flexibility index (Phi) is 4.39. The van der Waals surface area contributed by atoms with E-state index in [1.54, 1.807) is 18.2 Å². The lowest BCUT2D eigenvalue weighted by Gasteiger charge is -2.14. The van der Waals surface area contributed by atoms with Gasteiger partial charge in [0.25, 0.3) is 0 Å². The average molecular weight is 336 g/mol. The van der Waals surface area contributed by atoms with Crippen LogP contribution in [-0.4, -0.2) is 4.92 Å². The first-order valence-corrected chi connectivity index (χ1v) is 6.99. The van der Waals surface area contributed by atoms with Gasteiger partial charge in [-0.25, -0.2) is 0 Å². The summed E-state index contributed by atoms with van der Waals surface area (Å²) in [5.41, 5.74) is 0.961. The molecule has 0 amide bonds. The van der Waals surface area contributed by atoms with E-state index in [9.17, 15) is 10.1 Å². The smallest absolute Gasteiger partial charge is 0.311 e. The van der Waals surface area contributed by atoms with E-state index in [0.717, 1.165) is 10.0 Å². The van der Waals surface area contributed by atoms with Crippen molar-refractivity contribution in [2.24, 2.45) is 0 Å². The monoisotopic (exact) mass is 335 g/mol. The van der Waals surface area contributed by atoms with Crippen molar-refractivity contribution in [2.45, 2.75) is 19.8 Å². The molecule has 0 fully saturated rings. The van der Waals surface area contributed by atoms with E-state index in [1.165, 1.54) is 6.07 Å². The van der Waals surface area contributed by atoms with Crippen molar-refractivity contribution in [3.05, 3.63) is 62.6 Å². The molecule has 2 rings (SSSR count). The molecule has 4 nitrogen and oxygen atoms in total. The zero-order valence-electron chi connectivity index (χ0n) is 11.2. The second-order valence-electron chi connectivity index (χ2n) is 4.66. The highest BCUT2D eigenvalue weighted by molar-refractivity contribution is 9.10. The minimum Gasteiger partial charge on any atom is -0.450 e. The van der Waals surface area contributed by atoms with E-state index in [-0.39, 0.29) is 17.4 Å². The van der Waals surface area contributed by atoms with Crippen LogP contribution in [0.5, 0.6) is 11.5 Å². The number of nitro groups is 1. The largest absolute Gasteiger partial charge is 0.450 e. The quantitative estimate of drug-likeness (QED) is 0.564. The van der Waals surface area contributed by atoms with Gasteiger partial charge in [0, 0.05) is 10.5 Å². The predicted molar refractivity (Wildman–Crippen MR) is 81.4 cm³/mol. The van der Waals surface area contributed by atoms with Gasteiger partial charge >= 0.3 is 5.69 Å². The van der Waals surface area contributed by atoms with E-state index < -0.39 is 4.92 Å². The van der Waals surface area contributed by atoms with Crippen molar-refractivity contribution < 1.29 is 9.66 Å². The molecule has 0 atom stereocenters. The third-order valence-electron chi connectivity index (χ3n) is 2.88. The normalized spacial score (nSPS) is 10.6. The van der Waals surface area contributed by atoms with Crippen LogP contribution in [0.3, 0.4) is 0 Å². The van der Waals surface area contributed by atoms with Gasteiger partial charge < -0.3 is 4.74 Å². The van der Waals surface area contributed by atoms with Crippen LogP contribution in [-0.2, 0) is 0 Å². The third-order valence-corrected chi connectivity index (χ3v) is 3.37. The fourth-order valence-electron chi connectivity index (χ4n) is 1.88. The first-order valence-electron chi connectivity index (χ1n) is 6.19. The molecule has 104 valence electrons. The van der Waals surface area contributed by atoms with Crippen LogP contribution in [0.15, 0.2) is 46.9 Å². The lowest BCUT2D eigenvalue weighted by atomic mass is 10.0. The van der Waals surface area contributed by atoms with Crippen molar-refractivity contribution >= 4 is 21.6 Å². The van der Waals surface area contributed by atoms with Gasteiger partial charge in [0.15, 0.2) is 0 Å². The molecule has 2 aromatic carbocycles. The summed E-state index contributed by atoms with van der Waals surface area (Å²) in [5, 5.41) is 11.0. The Morgan fingerprint density at radius 1 is 1.15 bits per heavy atom. The highest BCUT2D eigenvalue weighted by atomic mass is 79.9. The van der Waals surface area contributed by atoms with Crippen LogP contribution >= 0.6 is 15.9 Å². The Bertz CT molecular complexity index is 641. The summed E-state index contributed by atoms with van der Waals surface area (Å²) in [7, 11) is 0. The highest BCUT2D eigenvalue weighted by Crippen LogP contribution is 2.36. The molecule has 0 saturated carbocycles. The van der Waals surface area contributed by atoms with Crippen molar-refractivity contribution in [1.82, 2.24) is 0 Å². The van der Waals surface area contributed by atoms with E-state index in [4.69, 9.17) is 4.74 Å². The molecule has 0 aliphatic heterocycles. The van der Waals surface area contributed by atoms with Gasteiger partial charge in [0.1, 0.15) is 5.75 Å². The summed E-state index contributed by atoms with van der Waals surface area (Å²) < 4.78 is 6.71. The van der Waals surface area contributed by atoms with Crippen LogP contribution in [0, 0.1) is 10.1 Å². The van der Waals surface area contributed by atoms with Gasteiger partial charge in [-0.05, 0) is 35.7 Å². The fourth-order valence-corrected chi connectivity index (χ4v) is 2.26. The van der Waals surface area contributed by atoms with Crippen LogP contribution in [0.2, 0.25) is 0 Å². The van der Waals surface area contributed by atoms with Crippen LogP contribution in [0.1, 0.15) is 25.3 Å². The molecule has 0 spiro atoms. The molecule has 20 heavy (non-hydrogen) atoms. The number of nitro benzene ring substituents is 1. The topological polar surface area (TPSA) is 52.4 Å². The maximum atomic E-state index is 11.0. The number of nitrogens with zero attached hydrogens (tertiary/aromatic N) is 1.